The van der Waals surface area contributed by atoms with Crippen molar-refractivity contribution in [2.45, 2.75) is 26.8 Å². The second-order valence-corrected chi connectivity index (χ2v) is 6.71. The number of nitrogens with one attached hydrogen (secondary N) is 1. The number of hydrogen-bond donors (Lipinski definition) is 1. The Balaban J connectivity index is 1.80. The number of amides is 1. The molecule has 0 aliphatic rings. The molecule has 0 aliphatic carbocycles. The van der Waals surface area contributed by atoms with Gasteiger partial charge in [0.1, 0.15) is 24.1 Å². The average Bonchev–Trinajstić information content (AvgIpc) is 3.09. The SMILES string of the molecule is COc1ccc(-c2cc3c(=O)n(CC(=O)NCCC(C)C)ncn3n2)cc1. The van der Waals surface area contributed by atoms with Gasteiger partial charge in [0.15, 0.2) is 0 Å². The summed E-state index contributed by atoms with van der Waals surface area (Å²) < 4.78 is 7.73. The molecule has 2 aromatic heterocycles. The molecule has 1 N–H and O–H groups in total. The van der Waals surface area contributed by atoms with Gasteiger partial charge in [-0.25, -0.2) is 9.20 Å². The highest BCUT2D eigenvalue weighted by Crippen LogP contribution is 2.21. The Morgan fingerprint density at radius 3 is 2.67 bits per heavy atom. The normalized spacial score (nSPS) is 11.1. The van der Waals surface area contributed by atoms with Crippen molar-refractivity contribution in [2.24, 2.45) is 5.92 Å². The van der Waals surface area contributed by atoms with Gasteiger partial charge < -0.3 is 10.1 Å². The number of nitrogens with zero attached hydrogens (tertiary/aromatic N) is 4. The van der Waals surface area contributed by atoms with Crippen LogP contribution in [0.15, 0.2) is 41.5 Å². The van der Waals surface area contributed by atoms with E-state index in [0.717, 1.165) is 22.4 Å². The maximum atomic E-state index is 12.6. The lowest BCUT2D eigenvalue weighted by Gasteiger charge is -2.08. The topological polar surface area (TPSA) is 90.5 Å². The van der Waals surface area contributed by atoms with Crippen LogP contribution in [-0.4, -0.2) is 39.0 Å². The second kappa shape index (κ2) is 8.03. The fraction of sp³-hybridized carbons (Fsp3) is 0.368. The lowest BCUT2D eigenvalue weighted by Crippen LogP contribution is -2.34. The molecule has 3 rings (SSSR count). The minimum absolute atomic E-state index is 0.115. The highest BCUT2D eigenvalue weighted by Gasteiger charge is 2.12. The maximum Gasteiger partial charge on any atom is 0.293 e. The number of carbonyl (C=O) groups is 1. The van der Waals surface area contributed by atoms with Crippen molar-refractivity contribution >= 4 is 11.4 Å². The van der Waals surface area contributed by atoms with E-state index in [1.165, 1.54) is 10.8 Å². The Morgan fingerprint density at radius 2 is 2.00 bits per heavy atom. The quantitative estimate of drug-likeness (QED) is 0.685. The van der Waals surface area contributed by atoms with Crippen molar-refractivity contribution in [3.8, 4) is 17.0 Å². The molecular weight excluding hydrogens is 346 g/mol. The third-order valence-electron chi connectivity index (χ3n) is 4.21. The van der Waals surface area contributed by atoms with E-state index < -0.39 is 0 Å². The van der Waals surface area contributed by atoms with Crippen molar-refractivity contribution in [3.05, 3.63) is 47.0 Å². The van der Waals surface area contributed by atoms with Crippen LogP contribution in [0.25, 0.3) is 16.8 Å². The van der Waals surface area contributed by atoms with Crippen LogP contribution in [0.1, 0.15) is 20.3 Å². The Kier molecular flexibility index (Phi) is 5.54. The van der Waals surface area contributed by atoms with Crippen LogP contribution in [0.2, 0.25) is 0 Å². The minimum atomic E-state index is -0.358. The molecule has 2 heterocycles. The van der Waals surface area contributed by atoms with Crippen LogP contribution in [0, 0.1) is 5.92 Å². The number of ether oxygens (including phenoxy) is 1. The van der Waals surface area contributed by atoms with Crippen molar-refractivity contribution in [3.63, 3.8) is 0 Å². The van der Waals surface area contributed by atoms with E-state index in [1.807, 2.05) is 24.3 Å². The molecule has 0 bridgehead atoms. The molecule has 0 aliphatic heterocycles. The first kappa shape index (κ1) is 18.6. The van der Waals surface area contributed by atoms with Gasteiger partial charge in [0, 0.05) is 12.1 Å². The van der Waals surface area contributed by atoms with Crippen molar-refractivity contribution in [2.75, 3.05) is 13.7 Å². The van der Waals surface area contributed by atoms with Gasteiger partial charge in [-0.05, 0) is 42.7 Å². The molecule has 0 fully saturated rings. The third-order valence-corrected chi connectivity index (χ3v) is 4.21. The van der Waals surface area contributed by atoms with E-state index in [2.05, 4.69) is 29.4 Å². The molecule has 0 atom stereocenters. The van der Waals surface area contributed by atoms with Gasteiger partial charge in [-0.1, -0.05) is 13.8 Å². The van der Waals surface area contributed by atoms with Crippen LogP contribution in [0.4, 0.5) is 0 Å². The summed E-state index contributed by atoms with van der Waals surface area (Å²) in [5, 5.41) is 11.2. The maximum absolute atomic E-state index is 12.6. The number of fused-ring (bicyclic) bond motifs is 1. The van der Waals surface area contributed by atoms with Gasteiger partial charge in [-0.3, -0.25) is 9.59 Å². The van der Waals surface area contributed by atoms with Crippen molar-refractivity contribution in [1.29, 1.82) is 0 Å². The number of hydrogen-bond acceptors (Lipinski definition) is 5. The van der Waals surface area contributed by atoms with Gasteiger partial charge in [0.25, 0.3) is 5.56 Å². The standard InChI is InChI=1S/C19H23N5O3/c1-13(2)8-9-20-18(25)11-23-19(26)17-10-16(22-24(17)12-21-23)14-4-6-15(27-3)7-5-14/h4-7,10,12-13H,8-9,11H2,1-3H3,(H,20,25). The van der Waals surface area contributed by atoms with Gasteiger partial charge >= 0.3 is 0 Å². The summed E-state index contributed by atoms with van der Waals surface area (Å²) in [6, 6.07) is 9.09. The molecule has 3 aromatic rings. The van der Waals surface area contributed by atoms with Crippen LogP contribution < -0.4 is 15.6 Å². The summed E-state index contributed by atoms with van der Waals surface area (Å²) in [4.78, 5) is 24.7. The number of benzene rings is 1. The van der Waals surface area contributed by atoms with Gasteiger partial charge in [-0.2, -0.15) is 10.2 Å². The number of carbonyl (C=O) groups excluding carboxylic acids is 1. The van der Waals surface area contributed by atoms with E-state index in [4.69, 9.17) is 4.74 Å². The number of aromatic nitrogens is 4. The zero-order valence-corrected chi connectivity index (χ0v) is 15.7. The van der Waals surface area contributed by atoms with E-state index in [0.29, 0.717) is 23.7 Å². The molecule has 142 valence electrons. The van der Waals surface area contributed by atoms with E-state index in [-0.39, 0.29) is 18.0 Å². The monoisotopic (exact) mass is 369 g/mol. The summed E-state index contributed by atoms with van der Waals surface area (Å²) in [6.45, 7) is 4.65. The average molecular weight is 369 g/mol. The summed E-state index contributed by atoms with van der Waals surface area (Å²) >= 11 is 0. The fourth-order valence-corrected chi connectivity index (χ4v) is 2.65. The molecule has 0 spiro atoms. The van der Waals surface area contributed by atoms with E-state index in [9.17, 15) is 9.59 Å². The zero-order valence-electron chi connectivity index (χ0n) is 15.7. The smallest absolute Gasteiger partial charge is 0.293 e. The van der Waals surface area contributed by atoms with Crippen LogP contribution in [0.3, 0.4) is 0 Å². The highest BCUT2D eigenvalue weighted by atomic mass is 16.5. The minimum Gasteiger partial charge on any atom is -0.497 e. The van der Waals surface area contributed by atoms with Crippen LogP contribution in [0.5, 0.6) is 5.75 Å². The summed E-state index contributed by atoms with van der Waals surface area (Å²) in [7, 11) is 1.60. The van der Waals surface area contributed by atoms with Crippen molar-refractivity contribution in [1.82, 2.24) is 24.7 Å². The Bertz CT molecular complexity index is 989. The largest absolute Gasteiger partial charge is 0.497 e. The van der Waals surface area contributed by atoms with Gasteiger partial charge in [0.2, 0.25) is 5.91 Å². The molecular formula is C19H23N5O3. The Morgan fingerprint density at radius 1 is 1.26 bits per heavy atom. The second-order valence-electron chi connectivity index (χ2n) is 6.71. The first-order valence-electron chi connectivity index (χ1n) is 8.84. The predicted octanol–water partition coefficient (Wildman–Crippen LogP) is 1.73. The van der Waals surface area contributed by atoms with Crippen LogP contribution >= 0.6 is 0 Å². The number of methoxy groups -OCH3 is 1. The molecule has 0 saturated carbocycles. The zero-order chi connectivity index (χ0) is 19.4. The molecule has 8 nitrogen and oxygen atoms in total. The summed E-state index contributed by atoms with van der Waals surface area (Å²) in [5.41, 5.74) is 1.52. The lowest BCUT2D eigenvalue weighted by molar-refractivity contribution is -0.121. The number of rotatable bonds is 7. The first-order chi connectivity index (χ1) is 13.0. The van der Waals surface area contributed by atoms with Gasteiger partial charge in [-0.15, -0.1) is 0 Å². The molecule has 1 aromatic carbocycles. The third kappa shape index (κ3) is 4.33. The Hall–Kier alpha value is -3.16. The van der Waals surface area contributed by atoms with Crippen molar-refractivity contribution < 1.29 is 9.53 Å². The molecule has 0 unspecified atom stereocenters. The highest BCUT2D eigenvalue weighted by molar-refractivity contribution is 5.75. The fourth-order valence-electron chi connectivity index (χ4n) is 2.65. The van der Waals surface area contributed by atoms with E-state index in [1.54, 1.807) is 13.2 Å². The molecule has 0 radical (unpaired) electrons. The lowest BCUT2D eigenvalue weighted by atomic mass is 10.1. The predicted molar refractivity (Wildman–Crippen MR) is 102 cm³/mol. The Labute approximate surface area is 156 Å². The molecule has 8 heteroatoms. The molecule has 1 amide bonds. The molecule has 0 saturated heterocycles. The first-order valence-corrected chi connectivity index (χ1v) is 8.84. The van der Waals surface area contributed by atoms with E-state index >= 15 is 0 Å². The summed E-state index contributed by atoms with van der Waals surface area (Å²) in [6.07, 6.45) is 2.33. The van der Waals surface area contributed by atoms with Gasteiger partial charge in [0.05, 0.1) is 12.8 Å². The summed E-state index contributed by atoms with van der Waals surface area (Å²) in [5.74, 6) is 1.02. The van der Waals surface area contributed by atoms with Crippen LogP contribution in [-0.2, 0) is 11.3 Å². The molecule has 27 heavy (non-hydrogen) atoms.